The van der Waals surface area contributed by atoms with Gasteiger partial charge in [-0.25, -0.2) is 0 Å². The van der Waals surface area contributed by atoms with Crippen molar-refractivity contribution in [3.05, 3.63) is 18.2 Å². The van der Waals surface area contributed by atoms with Gasteiger partial charge in [-0.1, -0.05) is 0 Å². The highest BCUT2D eigenvalue weighted by molar-refractivity contribution is 5.51. The largest absolute Gasteiger partial charge is 0.493 e. The van der Waals surface area contributed by atoms with Crippen molar-refractivity contribution in [1.82, 2.24) is 4.90 Å². The molecule has 1 saturated carbocycles. The van der Waals surface area contributed by atoms with Crippen molar-refractivity contribution in [2.24, 2.45) is 5.92 Å². The molecule has 3 rings (SSSR count). The summed E-state index contributed by atoms with van der Waals surface area (Å²) >= 11 is 0. The summed E-state index contributed by atoms with van der Waals surface area (Å²) in [4.78, 5) is 2.60. The average Bonchev–Trinajstić information content (AvgIpc) is 3.16. The molecule has 1 aromatic carbocycles. The second kappa shape index (κ2) is 5.29. The molecule has 0 radical (unpaired) electrons. The molecule has 0 spiro atoms. The first-order chi connectivity index (χ1) is 9.26. The molecule has 1 atom stereocenters. The van der Waals surface area contributed by atoms with Gasteiger partial charge in [-0.2, -0.15) is 0 Å². The molecule has 0 amide bonds. The molecule has 2 N–H and O–H groups in total. The fourth-order valence-electron chi connectivity index (χ4n) is 2.78. The summed E-state index contributed by atoms with van der Waals surface area (Å²) in [7, 11) is 1.66. The normalized spacial score (nSPS) is 23.5. The predicted octanol–water partition coefficient (Wildman–Crippen LogP) is 2.14. The van der Waals surface area contributed by atoms with Gasteiger partial charge < -0.3 is 15.2 Å². The van der Waals surface area contributed by atoms with Crippen molar-refractivity contribution in [2.45, 2.75) is 25.3 Å². The van der Waals surface area contributed by atoms with Crippen LogP contribution in [0.5, 0.6) is 11.5 Å². The number of methoxy groups -OCH3 is 1. The molecule has 2 aliphatic rings. The molecule has 0 aromatic heterocycles. The molecular formula is C15H22N2O2. The van der Waals surface area contributed by atoms with Crippen molar-refractivity contribution in [3.8, 4) is 11.5 Å². The van der Waals surface area contributed by atoms with Crippen LogP contribution in [0.25, 0.3) is 0 Å². The van der Waals surface area contributed by atoms with Crippen LogP contribution in [0, 0.1) is 5.92 Å². The Bertz CT molecular complexity index is 446. The summed E-state index contributed by atoms with van der Waals surface area (Å²) in [5, 5.41) is 0. The number of hydrogen-bond acceptors (Lipinski definition) is 4. The van der Waals surface area contributed by atoms with E-state index in [-0.39, 0.29) is 0 Å². The van der Waals surface area contributed by atoms with Crippen LogP contribution in [0.2, 0.25) is 0 Å². The second-order valence-corrected chi connectivity index (χ2v) is 5.60. The SMILES string of the molecule is COc1ccc(N)cc1OCC1CCN(C2CC2)C1. The van der Waals surface area contributed by atoms with Crippen LogP contribution < -0.4 is 15.2 Å². The first-order valence-corrected chi connectivity index (χ1v) is 7.06. The zero-order valence-corrected chi connectivity index (χ0v) is 11.5. The predicted molar refractivity (Wildman–Crippen MR) is 75.6 cm³/mol. The summed E-state index contributed by atoms with van der Waals surface area (Å²) in [5.41, 5.74) is 6.50. The van der Waals surface area contributed by atoms with Crippen molar-refractivity contribution in [2.75, 3.05) is 32.5 Å². The first-order valence-electron chi connectivity index (χ1n) is 7.06. The molecule has 2 fully saturated rings. The standard InChI is InChI=1S/C15H22N2O2/c1-18-14-5-2-12(16)8-15(14)19-10-11-6-7-17(9-11)13-3-4-13/h2,5,8,11,13H,3-4,6-7,9-10,16H2,1H3. The molecule has 1 heterocycles. The van der Waals surface area contributed by atoms with Crippen LogP contribution in [0.3, 0.4) is 0 Å². The topological polar surface area (TPSA) is 47.7 Å². The maximum atomic E-state index is 5.91. The number of nitrogens with two attached hydrogens (primary N) is 1. The Balaban J connectivity index is 1.55. The summed E-state index contributed by atoms with van der Waals surface area (Å²) in [6, 6.07) is 6.39. The Morgan fingerprint density at radius 3 is 2.84 bits per heavy atom. The van der Waals surface area contributed by atoms with Crippen LogP contribution in [0.4, 0.5) is 5.69 Å². The van der Waals surface area contributed by atoms with Gasteiger partial charge in [0, 0.05) is 30.3 Å². The van der Waals surface area contributed by atoms with Gasteiger partial charge >= 0.3 is 0 Å². The number of anilines is 1. The quantitative estimate of drug-likeness (QED) is 0.826. The molecule has 19 heavy (non-hydrogen) atoms. The van der Waals surface area contributed by atoms with Crippen LogP contribution in [-0.4, -0.2) is 37.7 Å². The monoisotopic (exact) mass is 262 g/mol. The third-order valence-corrected chi connectivity index (χ3v) is 4.04. The Labute approximate surface area is 114 Å². The number of benzene rings is 1. The minimum atomic E-state index is 0.631. The summed E-state index contributed by atoms with van der Waals surface area (Å²) in [6.45, 7) is 3.16. The maximum absolute atomic E-state index is 5.91. The van der Waals surface area contributed by atoms with Crippen LogP contribution in [0.1, 0.15) is 19.3 Å². The molecule has 0 bridgehead atoms. The van der Waals surface area contributed by atoms with Gasteiger partial charge in [0.2, 0.25) is 0 Å². The highest BCUT2D eigenvalue weighted by Crippen LogP contribution is 2.33. The summed E-state index contributed by atoms with van der Waals surface area (Å²) < 4.78 is 11.2. The zero-order valence-electron chi connectivity index (χ0n) is 11.5. The van der Waals surface area contributed by atoms with E-state index >= 15 is 0 Å². The van der Waals surface area contributed by atoms with E-state index in [0.717, 1.165) is 24.1 Å². The van der Waals surface area contributed by atoms with Crippen molar-refractivity contribution in [1.29, 1.82) is 0 Å². The molecule has 4 heteroatoms. The van der Waals surface area contributed by atoms with E-state index in [4.69, 9.17) is 15.2 Å². The Hall–Kier alpha value is -1.42. The molecule has 1 unspecified atom stereocenters. The lowest BCUT2D eigenvalue weighted by molar-refractivity contribution is 0.230. The fraction of sp³-hybridized carbons (Fsp3) is 0.600. The third-order valence-electron chi connectivity index (χ3n) is 4.04. The van der Waals surface area contributed by atoms with E-state index in [1.807, 2.05) is 18.2 Å². The molecule has 1 aliphatic carbocycles. The van der Waals surface area contributed by atoms with Crippen LogP contribution in [0.15, 0.2) is 18.2 Å². The number of rotatable bonds is 5. The van der Waals surface area contributed by atoms with Gasteiger partial charge in [0.1, 0.15) is 0 Å². The number of nitrogens with zero attached hydrogens (tertiary/aromatic N) is 1. The molecule has 4 nitrogen and oxygen atoms in total. The van der Waals surface area contributed by atoms with E-state index in [0.29, 0.717) is 11.6 Å². The van der Waals surface area contributed by atoms with Gasteiger partial charge in [0.25, 0.3) is 0 Å². The van der Waals surface area contributed by atoms with Gasteiger partial charge in [0.15, 0.2) is 11.5 Å². The van der Waals surface area contributed by atoms with Crippen molar-refractivity contribution < 1.29 is 9.47 Å². The molecule has 1 aromatic rings. The van der Waals surface area contributed by atoms with Crippen molar-refractivity contribution >= 4 is 5.69 Å². The fourth-order valence-corrected chi connectivity index (χ4v) is 2.78. The first kappa shape index (κ1) is 12.6. The average molecular weight is 262 g/mol. The summed E-state index contributed by atoms with van der Waals surface area (Å²) in [6.07, 6.45) is 4.01. The molecule has 1 saturated heterocycles. The maximum Gasteiger partial charge on any atom is 0.163 e. The number of hydrogen-bond donors (Lipinski definition) is 1. The number of likely N-dealkylation sites (tertiary alicyclic amines) is 1. The van der Waals surface area contributed by atoms with E-state index in [1.165, 1.54) is 32.4 Å². The minimum absolute atomic E-state index is 0.631. The lowest BCUT2D eigenvalue weighted by atomic mass is 10.1. The molecule has 1 aliphatic heterocycles. The summed E-state index contributed by atoms with van der Waals surface area (Å²) in [5.74, 6) is 2.14. The zero-order chi connectivity index (χ0) is 13.2. The Morgan fingerprint density at radius 1 is 1.26 bits per heavy atom. The second-order valence-electron chi connectivity index (χ2n) is 5.60. The van der Waals surface area contributed by atoms with Crippen LogP contribution in [-0.2, 0) is 0 Å². The van der Waals surface area contributed by atoms with Gasteiger partial charge in [-0.05, 0) is 37.9 Å². The smallest absolute Gasteiger partial charge is 0.163 e. The lowest BCUT2D eigenvalue weighted by Crippen LogP contribution is -2.24. The molecule has 104 valence electrons. The molecular weight excluding hydrogens is 240 g/mol. The van der Waals surface area contributed by atoms with E-state index in [9.17, 15) is 0 Å². The van der Waals surface area contributed by atoms with E-state index in [2.05, 4.69) is 4.90 Å². The Kier molecular flexibility index (Phi) is 3.51. The van der Waals surface area contributed by atoms with Gasteiger partial charge in [0.05, 0.1) is 13.7 Å². The highest BCUT2D eigenvalue weighted by atomic mass is 16.5. The number of ether oxygens (including phenoxy) is 2. The highest BCUT2D eigenvalue weighted by Gasteiger charge is 2.34. The van der Waals surface area contributed by atoms with Gasteiger partial charge in [-0.15, -0.1) is 0 Å². The van der Waals surface area contributed by atoms with E-state index < -0.39 is 0 Å². The minimum Gasteiger partial charge on any atom is -0.493 e. The lowest BCUT2D eigenvalue weighted by Gasteiger charge is -2.16. The third kappa shape index (κ3) is 2.95. The van der Waals surface area contributed by atoms with Gasteiger partial charge in [-0.3, -0.25) is 4.90 Å². The number of nitrogen functional groups attached to an aromatic ring is 1. The van der Waals surface area contributed by atoms with E-state index in [1.54, 1.807) is 7.11 Å². The van der Waals surface area contributed by atoms with Crippen LogP contribution >= 0.6 is 0 Å². The Morgan fingerprint density at radius 2 is 2.11 bits per heavy atom. The van der Waals surface area contributed by atoms with Crippen molar-refractivity contribution in [3.63, 3.8) is 0 Å².